The first kappa shape index (κ1) is 17.9. The third-order valence-electron chi connectivity index (χ3n) is 6.11. The quantitative estimate of drug-likeness (QED) is 0.659. The molecular formula is C23H23NO5. The van der Waals surface area contributed by atoms with Crippen molar-refractivity contribution in [2.75, 3.05) is 27.9 Å². The zero-order valence-electron chi connectivity index (χ0n) is 16.7. The minimum Gasteiger partial charge on any atom is -0.504 e. The van der Waals surface area contributed by atoms with E-state index in [1.165, 1.54) is 7.11 Å². The fourth-order valence-electron chi connectivity index (χ4n) is 4.78. The van der Waals surface area contributed by atoms with Crippen molar-refractivity contribution in [2.45, 2.75) is 19.1 Å². The van der Waals surface area contributed by atoms with E-state index >= 15 is 0 Å². The van der Waals surface area contributed by atoms with E-state index < -0.39 is 6.10 Å². The van der Waals surface area contributed by atoms with Gasteiger partial charge in [0.15, 0.2) is 23.0 Å². The Balaban J connectivity index is 1.98. The summed E-state index contributed by atoms with van der Waals surface area (Å²) in [6, 6.07) is 7.48. The molecule has 2 aliphatic heterocycles. The summed E-state index contributed by atoms with van der Waals surface area (Å²) in [4.78, 5) is 2.22. The van der Waals surface area contributed by atoms with Gasteiger partial charge in [-0.2, -0.15) is 0 Å². The Hall–Kier alpha value is -3.12. The molecule has 2 heterocycles. The minimum absolute atomic E-state index is 0.0556. The summed E-state index contributed by atoms with van der Waals surface area (Å²) in [6.07, 6.45) is 2.28. The van der Waals surface area contributed by atoms with Crippen LogP contribution in [0.15, 0.2) is 36.0 Å². The molecule has 1 unspecified atom stereocenters. The van der Waals surface area contributed by atoms with Crippen LogP contribution in [0.3, 0.4) is 0 Å². The molecule has 0 spiro atoms. The SMILES string of the molecule is COc1cc2c3c(c4ccc(OC)c(O)c4c2cc1OC)C(O)C1=CCCN1C3. The molecule has 2 N–H and O–H groups in total. The van der Waals surface area contributed by atoms with Gasteiger partial charge in [0.05, 0.1) is 21.3 Å². The minimum atomic E-state index is -0.742. The van der Waals surface area contributed by atoms with E-state index in [0.717, 1.165) is 45.9 Å². The van der Waals surface area contributed by atoms with Gasteiger partial charge in [-0.05, 0) is 58.0 Å². The lowest BCUT2D eigenvalue weighted by atomic mass is 9.85. The van der Waals surface area contributed by atoms with Crippen LogP contribution in [0.5, 0.6) is 23.0 Å². The fourth-order valence-corrected chi connectivity index (χ4v) is 4.78. The Labute approximate surface area is 168 Å². The highest BCUT2D eigenvalue weighted by atomic mass is 16.5. The number of hydrogen-bond donors (Lipinski definition) is 2. The molecule has 0 radical (unpaired) electrons. The lowest BCUT2D eigenvalue weighted by molar-refractivity contribution is 0.156. The van der Waals surface area contributed by atoms with Crippen molar-refractivity contribution in [2.24, 2.45) is 0 Å². The first-order valence-electron chi connectivity index (χ1n) is 9.62. The van der Waals surface area contributed by atoms with Crippen molar-refractivity contribution < 1.29 is 24.4 Å². The normalized spacial score (nSPS) is 17.9. The molecule has 3 aromatic rings. The standard InChI is InChI=1S/C23H23NO5/c1-27-17-7-6-12-20(23(17)26)14-10-19(29-3)18(28-2)9-13(14)15-11-24-8-4-5-16(24)22(25)21(12)15/h5-7,9-10,22,25-26H,4,8,11H2,1-3H3. The van der Waals surface area contributed by atoms with Crippen molar-refractivity contribution in [3.8, 4) is 23.0 Å². The molecule has 3 aromatic carbocycles. The molecule has 0 saturated carbocycles. The van der Waals surface area contributed by atoms with Gasteiger partial charge in [-0.1, -0.05) is 6.08 Å². The monoisotopic (exact) mass is 393 g/mol. The summed E-state index contributed by atoms with van der Waals surface area (Å²) in [5.41, 5.74) is 2.82. The maximum absolute atomic E-state index is 11.3. The van der Waals surface area contributed by atoms with Crippen LogP contribution in [0.2, 0.25) is 0 Å². The maximum Gasteiger partial charge on any atom is 0.166 e. The van der Waals surface area contributed by atoms with Crippen molar-refractivity contribution >= 4 is 21.5 Å². The molecule has 0 bridgehead atoms. The van der Waals surface area contributed by atoms with Crippen LogP contribution in [0.25, 0.3) is 21.5 Å². The summed E-state index contributed by atoms with van der Waals surface area (Å²) >= 11 is 0. The first-order chi connectivity index (χ1) is 14.1. The number of aliphatic hydroxyl groups is 1. The van der Waals surface area contributed by atoms with E-state index in [1.54, 1.807) is 20.3 Å². The number of phenols is 1. The third kappa shape index (κ3) is 2.39. The molecule has 0 fully saturated rings. The molecule has 5 rings (SSSR count). The van der Waals surface area contributed by atoms with Gasteiger partial charge in [-0.3, -0.25) is 0 Å². The van der Waals surface area contributed by atoms with E-state index in [2.05, 4.69) is 11.0 Å². The first-order valence-corrected chi connectivity index (χ1v) is 9.62. The molecule has 0 amide bonds. The number of hydrogen-bond acceptors (Lipinski definition) is 6. The molecular weight excluding hydrogens is 370 g/mol. The summed E-state index contributed by atoms with van der Waals surface area (Å²) in [5.74, 6) is 1.64. The van der Waals surface area contributed by atoms with Gasteiger partial charge in [0.2, 0.25) is 0 Å². The molecule has 29 heavy (non-hydrogen) atoms. The Morgan fingerprint density at radius 3 is 2.31 bits per heavy atom. The van der Waals surface area contributed by atoms with Gasteiger partial charge in [0.1, 0.15) is 6.10 Å². The van der Waals surface area contributed by atoms with Crippen LogP contribution in [-0.2, 0) is 6.54 Å². The van der Waals surface area contributed by atoms with Crippen molar-refractivity contribution in [3.63, 3.8) is 0 Å². The van der Waals surface area contributed by atoms with Gasteiger partial charge in [-0.25, -0.2) is 0 Å². The van der Waals surface area contributed by atoms with E-state index in [0.29, 0.717) is 29.2 Å². The second-order valence-corrected chi connectivity index (χ2v) is 7.43. The largest absolute Gasteiger partial charge is 0.504 e. The zero-order valence-corrected chi connectivity index (χ0v) is 16.7. The number of nitrogens with zero attached hydrogens (tertiary/aromatic N) is 1. The van der Waals surface area contributed by atoms with E-state index in [4.69, 9.17) is 14.2 Å². The predicted octanol–water partition coefficient (Wildman–Crippen LogP) is 3.86. The fraction of sp³-hybridized carbons (Fsp3) is 0.304. The van der Waals surface area contributed by atoms with Crippen molar-refractivity contribution in [1.29, 1.82) is 0 Å². The number of rotatable bonds is 3. The van der Waals surface area contributed by atoms with E-state index in [-0.39, 0.29) is 5.75 Å². The highest BCUT2D eigenvalue weighted by Gasteiger charge is 2.34. The lowest BCUT2D eigenvalue weighted by Crippen LogP contribution is -2.29. The Morgan fingerprint density at radius 1 is 0.931 bits per heavy atom. The second kappa shape index (κ2) is 6.46. The average molecular weight is 393 g/mol. The number of aliphatic hydroxyl groups excluding tert-OH is 1. The number of phenolic OH excluding ortho intramolecular Hbond substituents is 1. The highest BCUT2D eigenvalue weighted by molar-refractivity contribution is 6.15. The van der Waals surface area contributed by atoms with Crippen LogP contribution >= 0.6 is 0 Å². The summed E-state index contributed by atoms with van der Waals surface area (Å²) in [5, 5.41) is 25.5. The molecule has 0 saturated heterocycles. The Bertz CT molecular complexity index is 1180. The highest BCUT2D eigenvalue weighted by Crippen LogP contribution is 2.50. The van der Waals surface area contributed by atoms with Crippen LogP contribution in [0, 0.1) is 0 Å². The van der Waals surface area contributed by atoms with E-state index in [9.17, 15) is 10.2 Å². The Morgan fingerprint density at radius 2 is 1.62 bits per heavy atom. The molecule has 1 atom stereocenters. The molecule has 2 aliphatic rings. The van der Waals surface area contributed by atoms with Gasteiger partial charge in [-0.15, -0.1) is 0 Å². The number of ether oxygens (including phenoxy) is 3. The summed E-state index contributed by atoms with van der Waals surface area (Å²) in [6.45, 7) is 1.60. The third-order valence-corrected chi connectivity index (χ3v) is 6.11. The van der Waals surface area contributed by atoms with Gasteiger partial charge in [0, 0.05) is 24.2 Å². The lowest BCUT2D eigenvalue weighted by Gasteiger charge is -2.35. The predicted molar refractivity (Wildman–Crippen MR) is 111 cm³/mol. The maximum atomic E-state index is 11.3. The molecule has 150 valence electrons. The van der Waals surface area contributed by atoms with Crippen LogP contribution in [0.4, 0.5) is 0 Å². The van der Waals surface area contributed by atoms with Crippen molar-refractivity contribution in [1.82, 2.24) is 4.90 Å². The van der Waals surface area contributed by atoms with Gasteiger partial charge in [0.25, 0.3) is 0 Å². The summed E-state index contributed by atoms with van der Waals surface area (Å²) in [7, 11) is 4.73. The topological polar surface area (TPSA) is 71.4 Å². The zero-order chi connectivity index (χ0) is 20.3. The second-order valence-electron chi connectivity index (χ2n) is 7.43. The molecule has 0 aliphatic carbocycles. The van der Waals surface area contributed by atoms with Crippen molar-refractivity contribution in [3.05, 3.63) is 47.2 Å². The average Bonchev–Trinajstić information content (AvgIpc) is 3.22. The smallest absolute Gasteiger partial charge is 0.166 e. The molecule has 6 nitrogen and oxygen atoms in total. The number of methoxy groups -OCH3 is 3. The summed E-state index contributed by atoms with van der Waals surface area (Å²) < 4.78 is 16.4. The van der Waals surface area contributed by atoms with E-state index in [1.807, 2.05) is 18.2 Å². The molecule has 0 aromatic heterocycles. The van der Waals surface area contributed by atoms with Gasteiger partial charge < -0.3 is 29.3 Å². The number of fused-ring (bicyclic) bond motifs is 7. The Kier molecular flexibility index (Phi) is 3.99. The molecule has 6 heteroatoms. The number of benzene rings is 3. The van der Waals surface area contributed by atoms with Crippen LogP contribution in [0.1, 0.15) is 23.7 Å². The van der Waals surface area contributed by atoms with Crippen LogP contribution in [-0.4, -0.2) is 43.0 Å². The van der Waals surface area contributed by atoms with Crippen LogP contribution < -0.4 is 14.2 Å². The number of aromatic hydroxyl groups is 1. The van der Waals surface area contributed by atoms with Gasteiger partial charge >= 0.3 is 0 Å².